The van der Waals surface area contributed by atoms with E-state index in [1.807, 2.05) is 37.3 Å². The highest BCUT2D eigenvalue weighted by molar-refractivity contribution is 5.13. The molecule has 3 heteroatoms. The van der Waals surface area contributed by atoms with E-state index in [0.29, 0.717) is 19.6 Å². The van der Waals surface area contributed by atoms with Crippen molar-refractivity contribution in [1.82, 2.24) is 0 Å². The molecule has 3 nitrogen and oxygen atoms in total. The van der Waals surface area contributed by atoms with E-state index in [1.165, 1.54) is 6.08 Å². The fourth-order valence-electron chi connectivity index (χ4n) is 1.62. The maximum Gasteiger partial charge on any atom is 0.0743 e. The summed E-state index contributed by atoms with van der Waals surface area (Å²) in [7, 11) is 0. The molecule has 0 saturated carbocycles. The molecule has 3 atom stereocenters. The van der Waals surface area contributed by atoms with Crippen molar-refractivity contribution in [2.24, 2.45) is 5.92 Å². The molecule has 0 aliphatic carbocycles. The van der Waals surface area contributed by atoms with Crippen molar-refractivity contribution in [3.8, 4) is 0 Å². The lowest BCUT2D eigenvalue weighted by molar-refractivity contribution is 0.0101. The summed E-state index contributed by atoms with van der Waals surface area (Å²) >= 11 is 0. The maximum atomic E-state index is 9.83. The molecule has 0 spiro atoms. The van der Waals surface area contributed by atoms with Crippen LogP contribution in [0.2, 0.25) is 0 Å². The van der Waals surface area contributed by atoms with Gasteiger partial charge in [0, 0.05) is 12.3 Å². The second-order valence-corrected chi connectivity index (χ2v) is 4.58. The summed E-state index contributed by atoms with van der Waals surface area (Å²) in [5.41, 5.74) is 1.12. The third-order valence-electron chi connectivity index (χ3n) is 2.90. The molecule has 0 amide bonds. The lowest BCUT2D eigenvalue weighted by Crippen LogP contribution is -2.26. The van der Waals surface area contributed by atoms with Gasteiger partial charge in [-0.2, -0.15) is 0 Å². The molecule has 18 heavy (non-hydrogen) atoms. The summed E-state index contributed by atoms with van der Waals surface area (Å²) in [6.07, 6.45) is 0.505. The molecule has 0 heterocycles. The van der Waals surface area contributed by atoms with Crippen LogP contribution < -0.4 is 0 Å². The van der Waals surface area contributed by atoms with E-state index in [-0.39, 0.29) is 5.92 Å². The Hall–Kier alpha value is -1.16. The topological polar surface area (TPSA) is 49.7 Å². The van der Waals surface area contributed by atoms with Gasteiger partial charge in [0.15, 0.2) is 0 Å². The van der Waals surface area contributed by atoms with Gasteiger partial charge in [0.05, 0.1) is 25.4 Å². The van der Waals surface area contributed by atoms with E-state index >= 15 is 0 Å². The number of hydrogen-bond donors (Lipinski definition) is 2. The molecule has 0 aromatic heterocycles. The van der Waals surface area contributed by atoms with Crippen LogP contribution in [-0.2, 0) is 11.3 Å². The summed E-state index contributed by atoms with van der Waals surface area (Å²) in [5, 5.41) is 19.2. The fraction of sp³-hybridized carbons (Fsp3) is 0.467. The van der Waals surface area contributed by atoms with Gasteiger partial charge in [-0.25, -0.2) is 0 Å². The second kappa shape index (κ2) is 8.03. The first-order valence-corrected chi connectivity index (χ1v) is 6.23. The van der Waals surface area contributed by atoms with E-state index < -0.39 is 12.2 Å². The first kappa shape index (κ1) is 14.9. The number of aliphatic hydroxyl groups excluding tert-OH is 2. The van der Waals surface area contributed by atoms with Gasteiger partial charge in [-0.1, -0.05) is 43.3 Å². The quantitative estimate of drug-likeness (QED) is 0.695. The van der Waals surface area contributed by atoms with Crippen LogP contribution in [0.15, 0.2) is 43.0 Å². The van der Waals surface area contributed by atoms with Gasteiger partial charge < -0.3 is 14.9 Å². The molecule has 0 bridgehead atoms. The first-order valence-electron chi connectivity index (χ1n) is 6.23. The molecule has 1 rings (SSSR count). The molecule has 0 unspecified atom stereocenters. The van der Waals surface area contributed by atoms with Crippen molar-refractivity contribution >= 4 is 0 Å². The van der Waals surface area contributed by atoms with Crippen LogP contribution >= 0.6 is 0 Å². The number of benzene rings is 1. The molecule has 2 N–H and O–H groups in total. The van der Waals surface area contributed by atoms with Crippen LogP contribution in [0.3, 0.4) is 0 Å². The number of hydrogen-bond acceptors (Lipinski definition) is 3. The lowest BCUT2D eigenvalue weighted by Gasteiger charge is -2.20. The molecule has 0 aliphatic heterocycles. The van der Waals surface area contributed by atoms with Crippen molar-refractivity contribution in [2.45, 2.75) is 32.2 Å². The standard InChI is InChI=1S/C15H22O3/c1-3-14(16)9-15(17)12(2)10-18-11-13-7-5-4-6-8-13/h3-8,12,14-17H,1,9-11H2,2H3/t12-,14-,15+/m1/s1. The van der Waals surface area contributed by atoms with Gasteiger partial charge in [-0.05, 0) is 5.56 Å². The Kier molecular flexibility index (Phi) is 6.65. The van der Waals surface area contributed by atoms with Crippen molar-refractivity contribution in [2.75, 3.05) is 6.61 Å². The highest BCUT2D eigenvalue weighted by Gasteiger charge is 2.17. The molecule has 0 radical (unpaired) electrons. The fourth-order valence-corrected chi connectivity index (χ4v) is 1.62. The van der Waals surface area contributed by atoms with Gasteiger partial charge in [0.1, 0.15) is 0 Å². The Bertz CT molecular complexity index is 337. The van der Waals surface area contributed by atoms with E-state index in [9.17, 15) is 10.2 Å². The summed E-state index contributed by atoms with van der Waals surface area (Å²) < 4.78 is 5.55. The minimum Gasteiger partial charge on any atom is -0.393 e. The molecule has 100 valence electrons. The number of rotatable bonds is 8. The summed E-state index contributed by atoms with van der Waals surface area (Å²) in [4.78, 5) is 0. The van der Waals surface area contributed by atoms with Crippen molar-refractivity contribution < 1.29 is 14.9 Å². The van der Waals surface area contributed by atoms with Crippen molar-refractivity contribution in [3.63, 3.8) is 0 Å². The third kappa shape index (κ3) is 5.45. The SMILES string of the molecule is C=C[C@@H](O)C[C@H](O)[C@H](C)COCc1ccccc1. The molecule has 0 saturated heterocycles. The van der Waals surface area contributed by atoms with Gasteiger partial charge in [0.2, 0.25) is 0 Å². The van der Waals surface area contributed by atoms with Crippen LogP contribution in [0.5, 0.6) is 0 Å². The summed E-state index contributed by atoms with van der Waals surface area (Å²) in [5.74, 6) is -0.0108. The Morgan fingerprint density at radius 3 is 2.56 bits per heavy atom. The number of ether oxygens (including phenoxy) is 1. The minimum atomic E-state index is -0.656. The average Bonchev–Trinajstić information content (AvgIpc) is 2.39. The Morgan fingerprint density at radius 1 is 1.28 bits per heavy atom. The van der Waals surface area contributed by atoms with E-state index in [4.69, 9.17) is 4.74 Å². The predicted molar refractivity (Wildman–Crippen MR) is 72.1 cm³/mol. The maximum absolute atomic E-state index is 9.83. The normalized spacial score (nSPS) is 15.9. The molecule has 1 aromatic carbocycles. The van der Waals surface area contributed by atoms with Gasteiger partial charge in [-0.15, -0.1) is 6.58 Å². The molecule has 0 fully saturated rings. The Labute approximate surface area is 109 Å². The first-order chi connectivity index (χ1) is 8.63. The zero-order valence-corrected chi connectivity index (χ0v) is 10.8. The molecule has 1 aromatic rings. The zero-order chi connectivity index (χ0) is 13.4. The zero-order valence-electron chi connectivity index (χ0n) is 10.8. The minimum absolute atomic E-state index is 0.0108. The summed E-state index contributed by atoms with van der Waals surface area (Å²) in [6, 6.07) is 9.91. The van der Waals surface area contributed by atoms with Crippen LogP contribution in [0.4, 0.5) is 0 Å². The van der Waals surface area contributed by atoms with Gasteiger partial charge in [0.25, 0.3) is 0 Å². The number of aliphatic hydroxyl groups is 2. The Balaban J connectivity index is 2.24. The lowest BCUT2D eigenvalue weighted by atomic mass is 10.00. The van der Waals surface area contributed by atoms with Gasteiger partial charge in [-0.3, -0.25) is 0 Å². The Morgan fingerprint density at radius 2 is 1.94 bits per heavy atom. The van der Waals surface area contributed by atoms with Crippen LogP contribution in [0, 0.1) is 5.92 Å². The van der Waals surface area contributed by atoms with E-state index in [2.05, 4.69) is 6.58 Å². The van der Waals surface area contributed by atoms with Crippen LogP contribution in [-0.4, -0.2) is 29.0 Å². The molecular formula is C15H22O3. The highest BCUT2D eigenvalue weighted by atomic mass is 16.5. The van der Waals surface area contributed by atoms with Crippen molar-refractivity contribution in [3.05, 3.63) is 48.6 Å². The largest absolute Gasteiger partial charge is 0.393 e. The monoisotopic (exact) mass is 250 g/mol. The predicted octanol–water partition coefficient (Wildman–Crippen LogP) is 2.14. The molecule has 0 aliphatic rings. The van der Waals surface area contributed by atoms with E-state index in [0.717, 1.165) is 5.56 Å². The second-order valence-electron chi connectivity index (χ2n) is 4.58. The third-order valence-corrected chi connectivity index (χ3v) is 2.90. The van der Waals surface area contributed by atoms with Crippen LogP contribution in [0.1, 0.15) is 18.9 Å². The molecular weight excluding hydrogens is 228 g/mol. The van der Waals surface area contributed by atoms with Crippen LogP contribution in [0.25, 0.3) is 0 Å². The van der Waals surface area contributed by atoms with Gasteiger partial charge >= 0.3 is 0 Å². The highest BCUT2D eigenvalue weighted by Crippen LogP contribution is 2.11. The smallest absolute Gasteiger partial charge is 0.0743 e. The average molecular weight is 250 g/mol. The van der Waals surface area contributed by atoms with Crippen molar-refractivity contribution in [1.29, 1.82) is 0 Å². The van der Waals surface area contributed by atoms with E-state index in [1.54, 1.807) is 0 Å². The summed E-state index contributed by atoms with van der Waals surface area (Å²) in [6.45, 7) is 6.41.